The van der Waals surface area contributed by atoms with Gasteiger partial charge in [0.25, 0.3) is 5.91 Å². The minimum atomic E-state index is -0.325. The first-order chi connectivity index (χ1) is 8.59. The van der Waals surface area contributed by atoms with Gasteiger partial charge in [-0.25, -0.2) is 4.39 Å². The number of rotatable bonds is 2. The summed E-state index contributed by atoms with van der Waals surface area (Å²) in [6, 6.07) is 5.76. The lowest BCUT2D eigenvalue weighted by atomic mass is 9.96. The molecule has 1 aliphatic rings. The number of amides is 1. The maximum atomic E-state index is 12.9. The molecule has 1 saturated heterocycles. The molecule has 2 rings (SSSR count). The number of halogens is 2. The summed E-state index contributed by atoms with van der Waals surface area (Å²) in [5.74, 6) is -0.370. The highest BCUT2D eigenvalue weighted by molar-refractivity contribution is 5.94. The van der Waals surface area contributed by atoms with Gasteiger partial charge in [-0.1, -0.05) is 0 Å². The van der Waals surface area contributed by atoms with Crippen molar-refractivity contribution in [3.05, 3.63) is 35.6 Å². The van der Waals surface area contributed by atoms with E-state index in [0.29, 0.717) is 5.56 Å². The average molecular weight is 287 g/mol. The van der Waals surface area contributed by atoms with Crippen LogP contribution in [0.4, 0.5) is 4.39 Å². The van der Waals surface area contributed by atoms with Crippen LogP contribution in [0.25, 0.3) is 0 Å². The van der Waals surface area contributed by atoms with E-state index in [9.17, 15) is 9.18 Å². The van der Waals surface area contributed by atoms with Gasteiger partial charge < -0.3 is 10.6 Å². The molecule has 2 unspecified atom stereocenters. The molecule has 2 N–H and O–H groups in total. The number of likely N-dealkylation sites (tertiary alicyclic amines) is 1. The number of piperidine rings is 1. The molecule has 1 aromatic carbocycles. The van der Waals surface area contributed by atoms with Crippen molar-refractivity contribution in [1.29, 1.82) is 0 Å². The van der Waals surface area contributed by atoms with Gasteiger partial charge in [-0.15, -0.1) is 12.4 Å². The van der Waals surface area contributed by atoms with Gasteiger partial charge in [0.15, 0.2) is 0 Å². The fraction of sp³-hybridized carbons (Fsp3) is 0.500. The first-order valence-corrected chi connectivity index (χ1v) is 6.41. The van der Waals surface area contributed by atoms with E-state index in [4.69, 9.17) is 5.73 Å². The number of hydrogen-bond acceptors (Lipinski definition) is 2. The molecule has 5 heteroatoms. The fourth-order valence-electron chi connectivity index (χ4n) is 2.51. The Labute approximate surface area is 119 Å². The van der Waals surface area contributed by atoms with E-state index < -0.39 is 0 Å². The van der Waals surface area contributed by atoms with Crippen LogP contribution in [0.15, 0.2) is 24.3 Å². The fourth-order valence-corrected chi connectivity index (χ4v) is 2.51. The second kappa shape index (κ2) is 6.87. The van der Waals surface area contributed by atoms with Crippen LogP contribution in [0, 0.1) is 5.82 Å². The summed E-state index contributed by atoms with van der Waals surface area (Å²) in [6.07, 6.45) is 3.07. The lowest BCUT2D eigenvalue weighted by Gasteiger charge is -2.38. The van der Waals surface area contributed by atoms with Crippen LogP contribution >= 0.6 is 12.4 Å². The third kappa shape index (κ3) is 3.67. The van der Waals surface area contributed by atoms with Crippen molar-refractivity contribution < 1.29 is 9.18 Å². The summed E-state index contributed by atoms with van der Waals surface area (Å²) in [6.45, 7) is 2.67. The topological polar surface area (TPSA) is 46.3 Å². The van der Waals surface area contributed by atoms with E-state index in [0.717, 1.165) is 25.8 Å². The number of nitrogens with zero attached hydrogens (tertiary/aromatic N) is 1. The highest BCUT2D eigenvalue weighted by atomic mass is 35.5. The maximum Gasteiger partial charge on any atom is 0.254 e. The number of nitrogens with two attached hydrogens (primary N) is 1. The molecule has 1 aliphatic heterocycles. The number of hydrogen-bond donors (Lipinski definition) is 1. The Balaban J connectivity index is 0.00000180. The Kier molecular flexibility index (Phi) is 5.76. The Morgan fingerprint density at radius 3 is 2.58 bits per heavy atom. The highest BCUT2D eigenvalue weighted by Gasteiger charge is 2.29. The van der Waals surface area contributed by atoms with E-state index in [1.807, 2.05) is 11.8 Å². The second-order valence-corrected chi connectivity index (χ2v) is 4.93. The van der Waals surface area contributed by atoms with Crippen LogP contribution in [0.2, 0.25) is 0 Å². The molecular weight excluding hydrogens is 267 g/mol. The van der Waals surface area contributed by atoms with Crippen LogP contribution in [0.5, 0.6) is 0 Å². The first kappa shape index (κ1) is 15.9. The SMILES string of the molecule is CC(N)C1CCCCN1C(=O)c1ccc(F)cc1.Cl. The number of carbonyl (C=O) groups excluding carboxylic acids is 1. The molecule has 1 aromatic rings. The minimum absolute atomic E-state index is 0. The smallest absolute Gasteiger partial charge is 0.254 e. The molecule has 2 atom stereocenters. The molecule has 0 aromatic heterocycles. The van der Waals surface area contributed by atoms with E-state index in [1.54, 1.807) is 0 Å². The average Bonchev–Trinajstić information content (AvgIpc) is 2.39. The van der Waals surface area contributed by atoms with E-state index in [-0.39, 0.29) is 36.2 Å². The summed E-state index contributed by atoms with van der Waals surface area (Å²) in [4.78, 5) is 14.2. The normalized spacial score (nSPS) is 20.6. The predicted molar refractivity (Wildman–Crippen MR) is 76.0 cm³/mol. The van der Waals surface area contributed by atoms with Gasteiger partial charge in [0, 0.05) is 24.2 Å². The van der Waals surface area contributed by atoms with Crippen molar-refractivity contribution in [2.45, 2.75) is 38.3 Å². The Bertz CT molecular complexity index is 422. The third-order valence-electron chi connectivity index (χ3n) is 3.51. The van der Waals surface area contributed by atoms with Gasteiger partial charge in [-0.05, 0) is 50.5 Å². The highest BCUT2D eigenvalue weighted by Crippen LogP contribution is 2.21. The van der Waals surface area contributed by atoms with Crippen LogP contribution in [-0.2, 0) is 0 Å². The van der Waals surface area contributed by atoms with E-state index in [1.165, 1.54) is 24.3 Å². The zero-order valence-corrected chi connectivity index (χ0v) is 11.8. The minimum Gasteiger partial charge on any atom is -0.334 e. The summed E-state index contributed by atoms with van der Waals surface area (Å²) in [7, 11) is 0. The van der Waals surface area contributed by atoms with Crippen LogP contribution < -0.4 is 5.73 Å². The molecule has 106 valence electrons. The molecule has 0 aliphatic carbocycles. The summed E-state index contributed by atoms with van der Waals surface area (Å²) < 4.78 is 12.9. The van der Waals surface area contributed by atoms with Crippen LogP contribution in [0.1, 0.15) is 36.5 Å². The van der Waals surface area contributed by atoms with Crippen molar-refractivity contribution in [2.75, 3.05) is 6.54 Å². The molecular formula is C14H20ClFN2O. The van der Waals surface area contributed by atoms with Gasteiger partial charge in [0.2, 0.25) is 0 Å². The Morgan fingerprint density at radius 1 is 1.37 bits per heavy atom. The molecule has 0 radical (unpaired) electrons. The Morgan fingerprint density at radius 2 is 2.00 bits per heavy atom. The quantitative estimate of drug-likeness (QED) is 0.908. The van der Waals surface area contributed by atoms with Crippen LogP contribution in [-0.4, -0.2) is 29.4 Å². The van der Waals surface area contributed by atoms with Gasteiger partial charge in [0.05, 0.1) is 0 Å². The van der Waals surface area contributed by atoms with Crippen molar-refractivity contribution in [3.63, 3.8) is 0 Å². The number of benzene rings is 1. The largest absolute Gasteiger partial charge is 0.334 e. The van der Waals surface area contributed by atoms with Crippen molar-refractivity contribution in [1.82, 2.24) is 4.90 Å². The maximum absolute atomic E-state index is 12.9. The molecule has 0 spiro atoms. The standard InChI is InChI=1S/C14H19FN2O.ClH/c1-10(16)13-4-2-3-9-17(13)14(18)11-5-7-12(15)8-6-11;/h5-8,10,13H,2-4,9,16H2,1H3;1H. The molecule has 19 heavy (non-hydrogen) atoms. The van der Waals surface area contributed by atoms with Crippen molar-refractivity contribution in [2.24, 2.45) is 5.73 Å². The molecule has 0 bridgehead atoms. The molecule has 1 heterocycles. The van der Waals surface area contributed by atoms with Gasteiger partial charge in [-0.3, -0.25) is 4.79 Å². The lowest BCUT2D eigenvalue weighted by molar-refractivity contribution is 0.0584. The van der Waals surface area contributed by atoms with Gasteiger partial charge in [-0.2, -0.15) is 0 Å². The van der Waals surface area contributed by atoms with Crippen molar-refractivity contribution in [3.8, 4) is 0 Å². The predicted octanol–water partition coefficient (Wildman–Crippen LogP) is 2.59. The van der Waals surface area contributed by atoms with Gasteiger partial charge >= 0.3 is 0 Å². The monoisotopic (exact) mass is 286 g/mol. The van der Waals surface area contributed by atoms with Crippen LogP contribution in [0.3, 0.4) is 0 Å². The second-order valence-electron chi connectivity index (χ2n) is 4.93. The lowest BCUT2D eigenvalue weighted by Crippen LogP contribution is -2.51. The molecule has 3 nitrogen and oxygen atoms in total. The molecule has 1 fully saturated rings. The zero-order chi connectivity index (χ0) is 13.1. The summed E-state index contributed by atoms with van der Waals surface area (Å²) >= 11 is 0. The van der Waals surface area contributed by atoms with E-state index >= 15 is 0 Å². The molecule has 0 saturated carbocycles. The third-order valence-corrected chi connectivity index (χ3v) is 3.51. The molecule has 1 amide bonds. The van der Waals surface area contributed by atoms with E-state index in [2.05, 4.69) is 0 Å². The summed E-state index contributed by atoms with van der Waals surface area (Å²) in [5.41, 5.74) is 6.48. The summed E-state index contributed by atoms with van der Waals surface area (Å²) in [5, 5.41) is 0. The number of carbonyl (C=O) groups is 1. The van der Waals surface area contributed by atoms with Crippen molar-refractivity contribution >= 4 is 18.3 Å². The zero-order valence-electron chi connectivity index (χ0n) is 11.0. The Hall–Kier alpha value is -1.13. The van der Waals surface area contributed by atoms with Gasteiger partial charge in [0.1, 0.15) is 5.82 Å². The first-order valence-electron chi connectivity index (χ1n) is 6.41.